The van der Waals surface area contributed by atoms with Crippen LogP contribution in [-0.4, -0.2) is 16.4 Å². The fourth-order valence-electron chi connectivity index (χ4n) is 3.60. The number of halogens is 3. The third kappa shape index (κ3) is 4.82. The number of hydrogen-bond donors (Lipinski definition) is 0. The van der Waals surface area contributed by atoms with Gasteiger partial charge < -0.3 is 0 Å². The number of benzene rings is 1. The number of alkyl halides is 3. The summed E-state index contributed by atoms with van der Waals surface area (Å²) in [6.45, 7) is 6.55. The average molecular weight is 384 g/mol. The van der Waals surface area contributed by atoms with Crippen molar-refractivity contribution in [3.8, 4) is 11.8 Å². The number of rotatable bonds is 3. The van der Waals surface area contributed by atoms with E-state index in [1.54, 1.807) is 24.5 Å². The van der Waals surface area contributed by atoms with E-state index in [4.69, 9.17) is 0 Å². The Morgan fingerprint density at radius 2 is 1.96 bits per heavy atom. The monoisotopic (exact) mass is 384 g/mol. The van der Waals surface area contributed by atoms with Crippen molar-refractivity contribution in [2.75, 3.05) is 6.54 Å². The summed E-state index contributed by atoms with van der Waals surface area (Å²) < 4.78 is 38.8. The van der Waals surface area contributed by atoms with E-state index in [-0.39, 0.29) is 12.1 Å². The van der Waals surface area contributed by atoms with Crippen LogP contribution in [0.1, 0.15) is 55.0 Å². The minimum absolute atomic E-state index is 0.0145. The fraction of sp³-hybridized carbons (Fsp3) is 0.348. The fourth-order valence-corrected chi connectivity index (χ4v) is 3.60. The molecule has 28 heavy (non-hydrogen) atoms. The SMILES string of the molecule is C=C(C)C#C[C@H](c1cccnc1)N1CCCC[C@H]1c1ccc(C(F)(F)F)cc1. The van der Waals surface area contributed by atoms with Gasteiger partial charge in [0.05, 0.1) is 11.6 Å². The molecule has 1 aromatic heterocycles. The first kappa shape index (κ1) is 20.2. The Kier molecular flexibility index (Phi) is 6.21. The molecule has 3 rings (SSSR count). The second-order valence-corrected chi connectivity index (χ2v) is 7.11. The molecule has 2 heterocycles. The third-order valence-electron chi connectivity index (χ3n) is 4.92. The van der Waals surface area contributed by atoms with E-state index >= 15 is 0 Å². The number of hydrogen-bond acceptors (Lipinski definition) is 2. The van der Waals surface area contributed by atoms with Crippen LogP contribution in [0.25, 0.3) is 0 Å². The molecule has 2 aromatic rings. The molecule has 0 N–H and O–H groups in total. The van der Waals surface area contributed by atoms with Gasteiger partial charge in [0.15, 0.2) is 0 Å². The van der Waals surface area contributed by atoms with Gasteiger partial charge in [-0.1, -0.05) is 43.0 Å². The molecule has 0 bridgehead atoms. The van der Waals surface area contributed by atoms with Gasteiger partial charge in [-0.25, -0.2) is 0 Å². The quantitative estimate of drug-likeness (QED) is 0.608. The summed E-state index contributed by atoms with van der Waals surface area (Å²) in [6.07, 6.45) is 2.15. The summed E-state index contributed by atoms with van der Waals surface area (Å²) in [5, 5.41) is 0. The largest absolute Gasteiger partial charge is 0.416 e. The van der Waals surface area contributed by atoms with Gasteiger partial charge in [0.1, 0.15) is 0 Å². The van der Waals surface area contributed by atoms with E-state index in [2.05, 4.69) is 28.3 Å². The molecular weight excluding hydrogens is 361 g/mol. The summed E-state index contributed by atoms with van der Waals surface area (Å²) in [6, 6.07) is 9.22. The van der Waals surface area contributed by atoms with Gasteiger partial charge in [0, 0.05) is 25.0 Å². The van der Waals surface area contributed by atoms with Gasteiger partial charge in [0.25, 0.3) is 0 Å². The third-order valence-corrected chi connectivity index (χ3v) is 4.92. The van der Waals surface area contributed by atoms with Crippen molar-refractivity contribution >= 4 is 0 Å². The Bertz CT molecular complexity index is 861. The molecule has 1 aliphatic heterocycles. The lowest BCUT2D eigenvalue weighted by atomic mass is 9.91. The molecule has 1 aliphatic rings. The molecule has 2 nitrogen and oxygen atoms in total. The van der Waals surface area contributed by atoms with Crippen LogP contribution in [0.3, 0.4) is 0 Å². The maximum Gasteiger partial charge on any atom is 0.416 e. The van der Waals surface area contributed by atoms with Gasteiger partial charge >= 0.3 is 6.18 Å². The van der Waals surface area contributed by atoms with Crippen molar-refractivity contribution in [1.29, 1.82) is 0 Å². The molecule has 1 fully saturated rings. The molecule has 1 aromatic carbocycles. The van der Waals surface area contributed by atoms with Crippen molar-refractivity contribution in [2.45, 2.75) is 44.4 Å². The first-order valence-electron chi connectivity index (χ1n) is 9.36. The molecular formula is C23H23F3N2. The molecule has 5 heteroatoms. The molecule has 0 unspecified atom stereocenters. The van der Waals surface area contributed by atoms with Gasteiger partial charge in [-0.05, 0) is 54.7 Å². The smallest absolute Gasteiger partial charge is 0.279 e. The Labute approximate surface area is 164 Å². The number of piperidine rings is 1. The highest BCUT2D eigenvalue weighted by molar-refractivity contribution is 5.33. The Morgan fingerprint density at radius 3 is 2.57 bits per heavy atom. The van der Waals surface area contributed by atoms with Crippen LogP contribution in [0.5, 0.6) is 0 Å². The first-order chi connectivity index (χ1) is 13.4. The zero-order chi connectivity index (χ0) is 20.1. The number of nitrogens with zero attached hydrogens (tertiary/aromatic N) is 2. The van der Waals surface area contributed by atoms with Gasteiger partial charge in [-0.2, -0.15) is 13.2 Å². The van der Waals surface area contributed by atoms with Gasteiger partial charge in [-0.3, -0.25) is 9.88 Å². The standard InChI is InChI=1S/C23H23F3N2/c1-17(2)8-13-22(19-6-5-14-27-16-19)28-15-4-3-7-21(28)18-9-11-20(12-10-18)23(24,25)26/h5-6,9-12,14,16,21-22H,1,3-4,7,15H2,2H3/t21-,22+/m0/s1. The molecule has 0 aliphatic carbocycles. The minimum Gasteiger partial charge on any atom is -0.279 e. The van der Waals surface area contributed by atoms with E-state index in [0.717, 1.165) is 42.5 Å². The summed E-state index contributed by atoms with van der Waals surface area (Å²) in [5.74, 6) is 6.38. The number of pyridine rings is 1. The van der Waals surface area contributed by atoms with Crippen molar-refractivity contribution < 1.29 is 13.2 Å². The van der Waals surface area contributed by atoms with Gasteiger partial charge in [0.2, 0.25) is 0 Å². The summed E-state index contributed by atoms with van der Waals surface area (Å²) in [5.41, 5.74) is 2.02. The van der Waals surface area contributed by atoms with Crippen molar-refractivity contribution in [3.05, 3.63) is 77.6 Å². The topological polar surface area (TPSA) is 16.1 Å². The normalized spacial score (nSPS) is 18.8. The molecule has 0 radical (unpaired) electrons. The predicted molar refractivity (Wildman–Crippen MR) is 104 cm³/mol. The maximum absolute atomic E-state index is 12.9. The van der Waals surface area contributed by atoms with E-state index in [9.17, 15) is 13.2 Å². The highest BCUT2D eigenvalue weighted by atomic mass is 19.4. The molecule has 1 saturated heterocycles. The van der Waals surface area contributed by atoms with Crippen LogP contribution in [-0.2, 0) is 6.18 Å². The van der Waals surface area contributed by atoms with E-state index in [1.165, 1.54) is 12.1 Å². The summed E-state index contributed by atoms with van der Waals surface area (Å²) in [7, 11) is 0. The highest BCUT2D eigenvalue weighted by Crippen LogP contribution is 2.38. The Morgan fingerprint density at radius 1 is 1.21 bits per heavy atom. The maximum atomic E-state index is 12.9. The van der Waals surface area contributed by atoms with Crippen molar-refractivity contribution in [2.24, 2.45) is 0 Å². The second-order valence-electron chi connectivity index (χ2n) is 7.11. The van der Waals surface area contributed by atoms with Crippen LogP contribution in [0.4, 0.5) is 13.2 Å². The lowest BCUT2D eigenvalue weighted by molar-refractivity contribution is -0.137. The van der Waals surface area contributed by atoms with E-state index in [1.807, 2.05) is 19.1 Å². The van der Waals surface area contributed by atoms with Crippen LogP contribution < -0.4 is 0 Å². The summed E-state index contributed by atoms with van der Waals surface area (Å²) >= 11 is 0. The Hall–Kier alpha value is -2.58. The van der Waals surface area contributed by atoms with Crippen LogP contribution >= 0.6 is 0 Å². The van der Waals surface area contributed by atoms with Crippen LogP contribution in [0, 0.1) is 11.8 Å². The van der Waals surface area contributed by atoms with Crippen LogP contribution in [0.2, 0.25) is 0 Å². The van der Waals surface area contributed by atoms with E-state index in [0.29, 0.717) is 0 Å². The zero-order valence-corrected chi connectivity index (χ0v) is 15.8. The first-order valence-corrected chi connectivity index (χ1v) is 9.36. The number of aromatic nitrogens is 1. The van der Waals surface area contributed by atoms with Gasteiger partial charge in [-0.15, -0.1) is 0 Å². The summed E-state index contributed by atoms with van der Waals surface area (Å²) in [4.78, 5) is 6.50. The molecule has 2 atom stereocenters. The second kappa shape index (κ2) is 8.62. The average Bonchev–Trinajstić information content (AvgIpc) is 2.68. The lowest BCUT2D eigenvalue weighted by Gasteiger charge is -2.39. The molecule has 0 spiro atoms. The van der Waals surface area contributed by atoms with Crippen molar-refractivity contribution in [1.82, 2.24) is 9.88 Å². The predicted octanol–water partition coefficient (Wildman–Crippen LogP) is 5.95. The zero-order valence-electron chi connectivity index (χ0n) is 15.8. The molecule has 0 amide bonds. The van der Waals surface area contributed by atoms with E-state index < -0.39 is 11.7 Å². The number of likely N-dealkylation sites (tertiary alicyclic amines) is 1. The van der Waals surface area contributed by atoms with Crippen molar-refractivity contribution in [3.63, 3.8) is 0 Å². The lowest BCUT2D eigenvalue weighted by Crippen LogP contribution is -2.36. The number of allylic oxidation sites excluding steroid dienone is 1. The molecule has 146 valence electrons. The highest BCUT2D eigenvalue weighted by Gasteiger charge is 2.33. The minimum atomic E-state index is -4.32. The van der Waals surface area contributed by atoms with Crippen LogP contribution in [0.15, 0.2) is 60.9 Å². The molecule has 0 saturated carbocycles. The Balaban J connectivity index is 1.96.